The van der Waals surface area contributed by atoms with Crippen molar-refractivity contribution in [3.63, 3.8) is 0 Å². The maximum atomic E-state index is 11.9. The maximum Gasteiger partial charge on any atom is 0.349 e. The summed E-state index contributed by atoms with van der Waals surface area (Å²) in [4.78, 5) is 11.5. The minimum absolute atomic E-state index is 0.00884. The number of carbonyl (C=O) groups excluding carboxylic acids is 1. The number of hydrogen-bond acceptors (Lipinski definition) is 5. The summed E-state index contributed by atoms with van der Waals surface area (Å²) in [6, 6.07) is 1.41. The minimum Gasteiger partial charge on any atom is -0.465 e. The minimum atomic E-state index is -3.62. The molecule has 0 fully saturated rings. The van der Waals surface area contributed by atoms with Crippen molar-refractivity contribution in [3.8, 4) is 0 Å². The Morgan fingerprint density at radius 3 is 2.82 bits per heavy atom. The molecule has 0 unspecified atom stereocenters. The van der Waals surface area contributed by atoms with Crippen molar-refractivity contribution in [2.45, 2.75) is 24.7 Å². The van der Waals surface area contributed by atoms with Crippen LogP contribution in [-0.2, 0) is 14.8 Å². The molecule has 1 N–H and O–H groups in total. The lowest BCUT2D eigenvalue weighted by Crippen LogP contribution is -2.25. The molecule has 96 valence electrons. The molecule has 0 aliphatic heterocycles. The van der Waals surface area contributed by atoms with Crippen LogP contribution in [0.4, 0.5) is 0 Å². The van der Waals surface area contributed by atoms with Crippen LogP contribution in [0.2, 0.25) is 0 Å². The normalized spacial score (nSPS) is 11.4. The summed E-state index contributed by atoms with van der Waals surface area (Å²) in [5, 5.41) is 1.56. The van der Waals surface area contributed by atoms with E-state index in [1.165, 1.54) is 13.2 Å². The molecule has 0 saturated heterocycles. The molecule has 0 saturated carbocycles. The number of ether oxygens (including phenoxy) is 1. The van der Waals surface area contributed by atoms with E-state index in [2.05, 4.69) is 9.46 Å². The van der Waals surface area contributed by atoms with Gasteiger partial charge in [-0.05, 0) is 17.9 Å². The number of carbonyl (C=O) groups is 1. The van der Waals surface area contributed by atoms with Gasteiger partial charge in [-0.25, -0.2) is 17.9 Å². The van der Waals surface area contributed by atoms with Gasteiger partial charge >= 0.3 is 5.97 Å². The lowest BCUT2D eigenvalue weighted by Gasteiger charge is -2.06. The summed E-state index contributed by atoms with van der Waals surface area (Å²) in [6.07, 6.45) is 1.66. The Morgan fingerprint density at radius 2 is 2.24 bits per heavy atom. The fourth-order valence-electron chi connectivity index (χ4n) is 1.21. The molecule has 1 aromatic heterocycles. The topological polar surface area (TPSA) is 72.5 Å². The monoisotopic (exact) mass is 277 g/mol. The van der Waals surface area contributed by atoms with E-state index in [0.717, 1.165) is 24.2 Å². The van der Waals surface area contributed by atoms with Gasteiger partial charge in [0.25, 0.3) is 0 Å². The molecular weight excluding hydrogens is 262 g/mol. The Hall–Kier alpha value is -0.920. The van der Waals surface area contributed by atoms with Gasteiger partial charge in [-0.1, -0.05) is 13.3 Å². The molecular formula is C10H15NO4S2. The summed E-state index contributed by atoms with van der Waals surface area (Å²) < 4.78 is 30.8. The van der Waals surface area contributed by atoms with Crippen molar-refractivity contribution in [2.75, 3.05) is 13.7 Å². The third kappa shape index (κ3) is 3.52. The van der Waals surface area contributed by atoms with E-state index in [1.807, 2.05) is 6.92 Å². The predicted molar refractivity (Wildman–Crippen MR) is 65.8 cm³/mol. The summed E-state index contributed by atoms with van der Waals surface area (Å²) in [5.41, 5.74) is 0. The van der Waals surface area contributed by atoms with Crippen molar-refractivity contribution in [1.29, 1.82) is 0 Å². The summed E-state index contributed by atoms with van der Waals surface area (Å²) >= 11 is 1.05. The summed E-state index contributed by atoms with van der Waals surface area (Å²) in [5.74, 6) is -0.629. The summed E-state index contributed by atoms with van der Waals surface area (Å²) in [7, 11) is -2.39. The Kier molecular flexibility index (Phi) is 5.10. The molecule has 0 aromatic carbocycles. The van der Waals surface area contributed by atoms with Crippen molar-refractivity contribution in [3.05, 3.63) is 16.3 Å². The van der Waals surface area contributed by atoms with E-state index in [9.17, 15) is 13.2 Å². The van der Waals surface area contributed by atoms with Gasteiger partial charge in [0.05, 0.1) is 7.11 Å². The molecule has 5 nitrogen and oxygen atoms in total. The van der Waals surface area contributed by atoms with Gasteiger partial charge in [0.15, 0.2) is 0 Å². The zero-order valence-corrected chi connectivity index (χ0v) is 11.4. The average molecular weight is 277 g/mol. The van der Waals surface area contributed by atoms with Crippen molar-refractivity contribution < 1.29 is 17.9 Å². The maximum absolute atomic E-state index is 11.9. The molecule has 0 amide bonds. The Bertz CT molecular complexity index is 478. The number of methoxy groups -OCH3 is 1. The van der Waals surface area contributed by atoms with Crippen molar-refractivity contribution >= 4 is 27.3 Å². The largest absolute Gasteiger partial charge is 0.465 e. The highest BCUT2D eigenvalue weighted by Gasteiger charge is 2.23. The highest BCUT2D eigenvalue weighted by atomic mass is 32.2. The molecule has 1 rings (SSSR count). The number of unbranched alkanes of at least 4 members (excludes halogenated alkanes) is 1. The smallest absolute Gasteiger partial charge is 0.349 e. The number of hydrogen-bond donors (Lipinski definition) is 1. The third-order valence-corrected chi connectivity index (χ3v) is 4.64. The van der Waals surface area contributed by atoms with Gasteiger partial charge < -0.3 is 4.74 Å². The highest BCUT2D eigenvalue weighted by Crippen LogP contribution is 2.22. The van der Waals surface area contributed by atoms with E-state index < -0.39 is 16.0 Å². The van der Waals surface area contributed by atoms with Crippen LogP contribution < -0.4 is 4.72 Å². The fraction of sp³-hybridized carbons (Fsp3) is 0.500. The first-order valence-corrected chi connectivity index (χ1v) is 7.54. The molecule has 1 heterocycles. The second-order valence-corrected chi connectivity index (χ2v) is 6.01. The van der Waals surface area contributed by atoms with Crippen molar-refractivity contribution in [1.82, 2.24) is 4.72 Å². The first kappa shape index (κ1) is 14.1. The van der Waals surface area contributed by atoms with Gasteiger partial charge in [0.2, 0.25) is 10.0 Å². The lowest BCUT2D eigenvalue weighted by molar-refractivity contribution is 0.0602. The van der Waals surface area contributed by atoms with Crippen molar-refractivity contribution in [2.24, 2.45) is 0 Å². The number of sulfonamides is 1. The number of esters is 1. The molecule has 0 bridgehead atoms. The lowest BCUT2D eigenvalue weighted by atomic mass is 10.3. The van der Waals surface area contributed by atoms with E-state index >= 15 is 0 Å². The number of rotatable bonds is 6. The SMILES string of the molecule is CCCCNS(=O)(=O)c1ccsc1C(=O)OC. The molecule has 0 aliphatic carbocycles. The summed E-state index contributed by atoms with van der Waals surface area (Å²) in [6.45, 7) is 2.34. The van der Waals surface area contributed by atoms with Gasteiger partial charge in [-0.15, -0.1) is 11.3 Å². The molecule has 1 aromatic rings. The fourth-order valence-corrected chi connectivity index (χ4v) is 3.62. The van der Waals surface area contributed by atoms with Gasteiger partial charge in [-0.2, -0.15) is 0 Å². The number of nitrogens with one attached hydrogen (secondary N) is 1. The predicted octanol–water partition coefficient (Wildman–Crippen LogP) is 1.61. The average Bonchev–Trinajstić information content (AvgIpc) is 2.78. The Morgan fingerprint density at radius 1 is 1.53 bits per heavy atom. The quantitative estimate of drug-likeness (QED) is 0.633. The molecule has 7 heteroatoms. The zero-order chi connectivity index (χ0) is 12.9. The number of thiophene rings is 1. The molecule has 0 radical (unpaired) electrons. The highest BCUT2D eigenvalue weighted by molar-refractivity contribution is 7.89. The van der Waals surface area contributed by atoms with Gasteiger partial charge in [0, 0.05) is 6.54 Å². The van der Waals surface area contributed by atoms with Crippen LogP contribution in [0, 0.1) is 0 Å². The second kappa shape index (κ2) is 6.13. The molecule has 0 aliphatic rings. The van der Waals surface area contributed by atoms with E-state index in [0.29, 0.717) is 6.54 Å². The van der Waals surface area contributed by atoms with Crippen LogP contribution in [0.5, 0.6) is 0 Å². The molecule has 17 heavy (non-hydrogen) atoms. The van der Waals surface area contributed by atoms with Gasteiger partial charge in [-0.3, -0.25) is 0 Å². The first-order valence-electron chi connectivity index (χ1n) is 5.18. The van der Waals surface area contributed by atoms with Crippen LogP contribution >= 0.6 is 11.3 Å². The second-order valence-electron chi connectivity index (χ2n) is 3.36. The molecule has 0 atom stereocenters. The van der Waals surface area contributed by atoms with E-state index in [-0.39, 0.29) is 9.77 Å². The molecule has 0 spiro atoms. The van der Waals surface area contributed by atoms with Crippen LogP contribution in [-0.4, -0.2) is 28.0 Å². The Labute approximate surface area is 105 Å². The zero-order valence-electron chi connectivity index (χ0n) is 9.73. The van der Waals surface area contributed by atoms with E-state index in [1.54, 1.807) is 5.38 Å². The Balaban J connectivity index is 2.92. The van der Waals surface area contributed by atoms with Crippen LogP contribution in [0.3, 0.4) is 0 Å². The van der Waals surface area contributed by atoms with Crippen LogP contribution in [0.1, 0.15) is 29.4 Å². The standard InChI is InChI=1S/C10H15NO4S2/c1-3-4-6-11-17(13,14)8-5-7-16-9(8)10(12)15-2/h5,7,11H,3-4,6H2,1-2H3. The van der Waals surface area contributed by atoms with Crippen LogP contribution in [0.15, 0.2) is 16.3 Å². The first-order chi connectivity index (χ1) is 8.03. The van der Waals surface area contributed by atoms with Gasteiger partial charge in [0.1, 0.15) is 9.77 Å². The van der Waals surface area contributed by atoms with E-state index in [4.69, 9.17) is 0 Å². The van der Waals surface area contributed by atoms with Crippen LogP contribution in [0.25, 0.3) is 0 Å². The third-order valence-electron chi connectivity index (χ3n) is 2.11.